The van der Waals surface area contributed by atoms with Gasteiger partial charge in [-0.15, -0.1) is 12.1 Å². The molecule has 0 saturated heterocycles. The number of hydrogen-bond acceptors (Lipinski definition) is 3. The Morgan fingerprint density at radius 2 is 2.12 bits per heavy atom. The van der Waals surface area contributed by atoms with Gasteiger partial charge in [-0.1, -0.05) is 23.1 Å². The number of amides is 1. The van der Waals surface area contributed by atoms with E-state index in [1.807, 2.05) is 0 Å². The molecule has 2 aromatic rings. The van der Waals surface area contributed by atoms with Gasteiger partial charge in [-0.25, -0.2) is 5.10 Å². The average molecular weight is 324 g/mol. The average Bonchev–Trinajstić information content (AvgIpc) is 2.28. The maximum absolute atomic E-state index is 11.7. The minimum Gasteiger partial charge on any atom is -0.346 e. The first-order chi connectivity index (χ1) is 7.59. The van der Waals surface area contributed by atoms with E-state index in [2.05, 4.69) is 16.4 Å². The van der Waals surface area contributed by atoms with Gasteiger partial charge in [0.05, 0.1) is 0 Å². The topological polar surface area (TPSA) is 46.1 Å². The fourth-order valence-corrected chi connectivity index (χ4v) is 1.59. The molecule has 17 heavy (non-hydrogen) atoms. The molecule has 1 radical (unpaired) electrons. The summed E-state index contributed by atoms with van der Waals surface area (Å²) < 4.78 is 0. The van der Waals surface area contributed by atoms with Crippen LogP contribution in [0.25, 0.3) is 10.8 Å². The molecule has 0 aliphatic rings. The summed E-state index contributed by atoms with van der Waals surface area (Å²) in [6.45, 7) is 0. The number of rotatable bonds is 1. The van der Waals surface area contributed by atoms with E-state index in [-0.39, 0.29) is 38.6 Å². The molecule has 85 valence electrons. The zero-order chi connectivity index (χ0) is 11.7. The standard InChI is InChI=1S/C11H9ClN3O.Y/c1-15(2)11(16)7-3-4-9-8(5-7)6-13-14-10(9)12;/h3-5H,1-2H3;/q-1;. The van der Waals surface area contributed by atoms with E-state index in [0.717, 1.165) is 5.39 Å². The van der Waals surface area contributed by atoms with Crippen molar-refractivity contribution in [1.82, 2.24) is 15.1 Å². The molecule has 0 fully saturated rings. The summed E-state index contributed by atoms with van der Waals surface area (Å²) >= 11 is 5.86. The Hall–Kier alpha value is -0.576. The van der Waals surface area contributed by atoms with Crippen LogP contribution in [0.3, 0.4) is 0 Å². The Bertz CT molecular complexity index is 559. The van der Waals surface area contributed by atoms with E-state index in [9.17, 15) is 4.79 Å². The molecule has 1 aromatic heterocycles. The summed E-state index contributed by atoms with van der Waals surface area (Å²) in [5.74, 6) is -0.0664. The Kier molecular flexibility index (Phi) is 4.98. The van der Waals surface area contributed by atoms with Crippen LogP contribution in [0.2, 0.25) is 5.15 Å². The molecule has 0 N–H and O–H groups in total. The van der Waals surface area contributed by atoms with Gasteiger partial charge in [0.25, 0.3) is 0 Å². The fraction of sp³-hybridized carbons (Fsp3) is 0.182. The SMILES string of the molecule is CN(C)C(=O)c1ccc2c(Cl)nn[c-]c2c1.[Y]. The fourth-order valence-electron chi connectivity index (χ4n) is 1.38. The predicted molar refractivity (Wildman–Crippen MR) is 61.4 cm³/mol. The Morgan fingerprint density at radius 3 is 2.76 bits per heavy atom. The Labute approximate surface area is 129 Å². The molecular formula is C11H9ClN3OY-. The molecule has 0 aliphatic heterocycles. The third kappa shape index (κ3) is 3.00. The largest absolute Gasteiger partial charge is 0.346 e. The van der Waals surface area contributed by atoms with E-state index in [0.29, 0.717) is 16.1 Å². The number of hydrogen-bond donors (Lipinski definition) is 0. The molecule has 0 spiro atoms. The van der Waals surface area contributed by atoms with Crippen molar-refractivity contribution in [2.75, 3.05) is 14.1 Å². The molecular weight excluding hydrogens is 314 g/mol. The molecule has 6 heteroatoms. The van der Waals surface area contributed by atoms with Crippen molar-refractivity contribution in [3.05, 3.63) is 35.1 Å². The molecule has 1 amide bonds. The van der Waals surface area contributed by atoms with Gasteiger partial charge in [0, 0.05) is 46.8 Å². The number of aromatic nitrogens is 2. The molecule has 0 unspecified atom stereocenters. The summed E-state index contributed by atoms with van der Waals surface area (Å²) in [5.41, 5.74) is 0.581. The normalized spacial score (nSPS) is 9.82. The first-order valence-electron chi connectivity index (χ1n) is 4.65. The van der Waals surface area contributed by atoms with Crippen LogP contribution in [0.15, 0.2) is 18.2 Å². The van der Waals surface area contributed by atoms with Gasteiger partial charge in [-0.05, 0) is 11.8 Å². The monoisotopic (exact) mass is 323 g/mol. The first kappa shape index (κ1) is 14.5. The first-order valence-corrected chi connectivity index (χ1v) is 5.02. The van der Waals surface area contributed by atoms with Crippen molar-refractivity contribution in [2.45, 2.75) is 0 Å². The van der Waals surface area contributed by atoms with Crippen LogP contribution in [0.4, 0.5) is 0 Å². The van der Waals surface area contributed by atoms with E-state index < -0.39 is 0 Å². The Morgan fingerprint density at radius 1 is 1.41 bits per heavy atom. The van der Waals surface area contributed by atoms with Crippen LogP contribution in [0.1, 0.15) is 10.4 Å². The molecule has 0 aliphatic carbocycles. The van der Waals surface area contributed by atoms with Crippen LogP contribution in [-0.4, -0.2) is 35.1 Å². The number of carbonyl (C=O) groups excluding carboxylic acids is 1. The van der Waals surface area contributed by atoms with E-state index in [1.54, 1.807) is 32.3 Å². The van der Waals surface area contributed by atoms with Crippen molar-refractivity contribution in [3.8, 4) is 0 Å². The minimum absolute atomic E-state index is 0. The van der Waals surface area contributed by atoms with Gasteiger partial charge in [0.1, 0.15) is 5.15 Å². The summed E-state index contributed by atoms with van der Waals surface area (Å²) in [4.78, 5) is 13.2. The maximum atomic E-state index is 11.7. The third-order valence-corrected chi connectivity index (χ3v) is 2.48. The summed E-state index contributed by atoms with van der Waals surface area (Å²) in [7, 11) is 3.40. The Balaban J connectivity index is 0.00000144. The van der Waals surface area contributed by atoms with Crippen molar-refractivity contribution >= 4 is 28.3 Å². The number of fused-ring (bicyclic) bond motifs is 1. The summed E-state index contributed by atoms with van der Waals surface area (Å²) in [6, 6.07) is 5.17. The number of nitrogens with zero attached hydrogens (tertiary/aromatic N) is 3. The molecule has 0 saturated carbocycles. The molecule has 1 heterocycles. The van der Waals surface area contributed by atoms with Crippen LogP contribution < -0.4 is 0 Å². The van der Waals surface area contributed by atoms with Gasteiger partial charge >= 0.3 is 0 Å². The molecule has 4 nitrogen and oxygen atoms in total. The zero-order valence-corrected chi connectivity index (χ0v) is 13.0. The van der Waals surface area contributed by atoms with E-state index >= 15 is 0 Å². The van der Waals surface area contributed by atoms with Gasteiger partial charge in [-0.2, -0.15) is 10.5 Å². The molecule has 2 rings (SSSR count). The summed E-state index contributed by atoms with van der Waals surface area (Å²) in [5, 5.41) is 9.05. The third-order valence-electron chi connectivity index (χ3n) is 2.20. The van der Waals surface area contributed by atoms with Crippen molar-refractivity contribution < 1.29 is 37.5 Å². The molecule has 0 bridgehead atoms. The quantitative estimate of drug-likeness (QED) is 0.752. The van der Waals surface area contributed by atoms with E-state index in [4.69, 9.17) is 11.6 Å². The van der Waals surface area contributed by atoms with Gasteiger partial charge in [-0.3, -0.25) is 4.79 Å². The maximum Gasteiger partial charge on any atom is 0.241 e. The number of carbonyl (C=O) groups is 1. The molecule has 0 atom stereocenters. The smallest absolute Gasteiger partial charge is 0.241 e. The zero-order valence-electron chi connectivity index (χ0n) is 9.44. The van der Waals surface area contributed by atoms with Crippen LogP contribution in [0.5, 0.6) is 0 Å². The second-order valence-corrected chi connectivity index (χ2v) is 3.92. The van der Waals surface area contributed by atoms with Gasteiger partial charge < -0.3 is 4.90 Å². The molecule has 1 aromatic carbocycles. The van der Waals surface area contributed by atoms with Crippen molar-refractivity contribution in [1.29, 1.82) is 0 Å². The summed E-state index contributed by atoms with van der Waals surface area (Å²) in [6.07, 6.45) is 2.71. The second kappa shape index (κ2) is 5.85. The number of benzene rings is 1. The van der Waals surface area contributed by atoms with E-state index in [1.165, 1.54) is 4.90 Å². The van der Waals surface area contributed by atoms with Gasteiger partial charge in [0.2, 0.25) is 5.91 Å². The van der Waals surface area contributed by atoms with Crippen LogP contribution >= 0.6 is 11.6 Å². The second-order valence-electron chi connectivity index (χ2n) is 3.56. The number of halogens is 1. The van der Waals surface area contributed by atoms with Crippen molar-refractivity contribution in [2.24, 2.45) is 0 Å². The van der Waals surface area contributed by atoms with Gasteiger partial charge in [0.15, 0.2) is 0 Å². The van der Waals surface area contributed by atoms with Crippen LogP contribution in [-0.2, 0) is 32.7 Å². The van der Waals surface area contributed by atoms with Crippen molar-refractivity contribution in [3.63, 3.8) is 0 Å². The predicted octanol–water partition coefficient (Wildman–Crippen LogP) is 1.78. The minimum atomic E-state index is -0.0664. The van der Waals surface area contributed by atoms with Crippen LogP contribution in [0, 0.1) is 6.20 Å².